The number of aromatic nitrogens is 1. The lowest BCUT2D eigenvalue weighted by molar-refractivity contribution is -0.383. The molecule has 0 aliphatic heterocycles. The molecule has 0 radical (unpaired) electrons. The van der Waals surface area contributed by atoms with Crippen LogP contribution in [0.25, 0.3) is 0 Å². The molecule has 1 heterocycles. The normalized spacial score (nSPS) is 10.2. The Morgan fingerprint density at radius 1 is 1.48 bits per heavy atom. The molecule has 7 nitrogen and oxygen atoms in total. The Morgan fingerprint density at radius 2 is 2.19 bits per heavy atom. The second-order valence-electron chi connectivity index (χ2n) is 4.29. The van der Waals surface area contributed by atoms with Crippen LogP contribution >= 0.6 is 11.6 Å². The maximum atomic E-state index is 12.2. The van der Waals surface area contributed by atoms with Gasteiger partial charge >= 0.3 is 0 Å². The van der Waals surface area contributed by atoms with Crippen molar-refractivity contribution in [1.29, 1.82) is 0 Å². The molecule has 2 rings (SSSR count). The number of aryl methyl sites for hydroxylation is 1. The Kier molecular flexibility index (Phi) is 4.04. The lowest BCUT2D eigenvalue weighted by atomic mass is 10.1. The van der Waals surface area contributed by atoms with E-state index in [0.29, 0.717) is 5.69 Å². The smallest absolute Gasteiger partial charge is 0.294 e. The summed E-state index contributed by atoms with van der Waals surface area (Å²) < 4.78 is 0. The fraction of sp³-hybridized carbons (Fsp3) is 0.0769. The van der Waals surface area contributed by atoms with Gasteiger partial charge in [-0.25, -0.2) is 0 Å². The summed E-state index contributed by atoms with van der Waals surface area (Å²) in [5.74, 6) is -0.519. The molecule has 3 N–H and O–H groups in total. The maximum absolute atomic E-state index is 12.2. The van der Waals surface area contributed by atoms with E-state index in [0.717, 1.165) is 11.6 Å². The number of halogens is 1. The van der Waals surface area contributed by atoms with Crippen LogP contribution in [-0.2, 0) is 0 Å². The Labute approximate surface area is 124 Å². The second kappa shape index (κ2) is 5.76. The number of nitrogen functional groups attached to an aromatic ring is 1. The van der Waals surface area contributed by atoms with E-state index in [4.69, 9.17) is 17.3 Å². The van der Waals surface area contributed by atoms with E-state index in [1.54, 1.807) is 19.2 Å². The number of nitrogens with one attached hydrogen (secondary N) is 1. The second-order valence-corrected chi connectivity index (χ2v) is 4.70. The van der Waals surface area contributed by atoms with Crippen LogP contribution in [0.2, 0.25) is 5.02 Å². The van der Waals surface area contributed by atoms with E-state index in [9.17, 15) is 14.9 Å². The summed E-state index contributed by atoms with van der Waals surface area (Å²) in [5.41, 5.74) is 6.32. The van der Waals surface area contributed by atoms with Crippen LogP contribution < -0.4 is 11.1 Å². The summed E-state index contributed by atoms with van der Waals surface area (Å²) in [6.45, 7) is 1.78. The third-order valence-corrected chi connectivity index (χ3v) is 3.15. The zero-order chi connectivity index (χ0) is 15.6. The largest absolute Gasteiger partial charge is 0.392 e. The number of nitro groups is 1. The van der Waals surface area contributed by atoms with Crippen molar-refractivity contribution >= 4 is 34.6 Å². The van der Waals surface area contributed by atoms with Crippen LogP contribution in [0, 0.1) is 17.0 Å². The third-order valence-electron chi connectivity index (χ3n) is 2.84. The van der Waals surface area contributed by atoms with Gasteiger partial charge in [0, 0.05) is 29.7 Å². The first-order chi connectivity index (χ1) is 9.90. The molecular weight excluding hydrogens is 296 g/mol. The highest BCUT2D eigenvalue weighted by atomic mass is 35.5. The number of anilines is 2. The predicted molar refractivity (Wildman–Crippen MR) is 79.4 cm³/mol. The summed E-state index contributed by atoms with van der Waals surface area (Å²) >= 11 is 5.82. The molecule has 0 saturated carbocycles. The zero-order valence-electron chi connectivity index (χ0n) is 11.0. The number of nitrogens with two attached hydrogens (primary N) is 1. The molecular formula is C13H11ClN4O3. The van der Waals surface area contributed by atoms with Gasteiger partial charge in [0.15, 0.2) is 0 Å². The fourth-order valence-electron chi connectivity index (χ4n) is 1.69. The zero-order valence-corrected chi connectivity index (χ0v) is 11.7. The van der Waals surface area contributed by atoms with Gasteiger partial charge in [-0.2, -0.15) is 0 Å². The SMILES string of the molecule is Cc1cnccc1NC(=O)c1cc(Cl)c(N)c([N+](=O)[O-])c1. The quantitative estimate of drug-likeness (QED) is 0.514. The van der Waals surface area contributed by atoms with Crippen molar-refractivity contribution in [2.45, 2.75) is 6.92 Å². The Morgan fingerprint density at radius 3 is 2.81 bits per heavy atom. The molecule has 0 saturated heterocycles. The van der Waals surface area contributed by atoms with Gasteiger partial charge in [-0.05, 0) is 24.6 Å². The van der Waals surface area contributed by atoms with Gasteiger partial charge < -0.3 is 11.1 Å². The fourth-order valence-corrected chi connectivity index (χ4v) is 1.91. The maximum Gasteiger partial charge on any atom is 0.294 e. The highest BCUT2D eigenvalue weighted by Gasteiger charge is 2.19. The molecule has 0 aliphatic rings. The predicted octanol–water partition coefficient (Wildman–Crippen LogP) is 2.79. The van der Waals surface area contributed by atoms with Gasteiger partial charge in [0.2, 0.25) is 0 Å². The highest BCUT2D eigenvalue weighted by molar-refractivity contribution is 6.34. The molecule has 8 heteroatoms. The summed E-state index contributed by atoms with van der Waals surface area (Å²) in [6.07, 6.45) is 3.12. The van der Waals surface area contributed by atoms with Gasteiger partial charge in [-0.1, -0.05) is 11.6 Å². The molecule has 1 amide bonds. The summed E-state index contributed by atoms with van der Waals surface area (Å²) in [7, 11) is 0. The van der Waals surface area contributed by atoms with Crippen LogP contribution in [0.5, 0.6) is 0 Å². The summed E-state index contributed by atoms with van der Waals surface area (Å²) in [5, 5.41) is 13.5. The minimum atomic E-state index is -0.685. The number of nitro benzene ring substituents is 1. The minimum absolute atomic E-state index is 0.0409. The number of hydrogen-bond donors (Lipinski definition) is 2. The molecule has 0 fully saturated rings. The molecule has 0 aliphatic carbocycles. The molecule has 2 aromatic rings. The van der Waals surface area contributed by atoms with Crippen molar-refractivity contribution in [3.63, 3.8) is 0 Å². The summed E-state index contributed by atoms with van der Waals surface area (Å²) in [6, 6.07) is 4.00. The topological polar surface area (TPSA) is 111 Å². The number of carbonyl (C=O) groups excluding carboxylic acids is 1. The van der Waals surface area contributed by atoms with Crippen molar-refractivity contribution < 1.29 is 9.72 Å². The lowest BCUT2D eigenvalue weighted by Gasteiger charge is -2.09. The van der Waals surface area contributed by atoms with E-state index >= 15 is 0 Å². The van der Waals surface area contributed by atoms with Gasteiger partial charge in [-0.15, -0.1) is 0 Å². The van der Waals surface area contributed by atoms with E-state index in [-0.39, 0.29) is 16.3 Å². The number of nitrogens with zero attached hydrogens (tertiary/aromatic N) is 2. The Hall–Kier alpha value is -2.67. The number of hydrogen-bond acceptors (Lipinski definition) is 5. The molecule has 0 bridgehead atoms. The summed E-state index contributed by atoms with van der Waals surface area (Å²) in [4.78, 5) is 26.3. The standard InChI is InChI=1S/C13H11ClN4O3/c1-7-6-16-3-2-10(7)17-13(19)8-4-9(14)12(15)11(5-8)18(20)21/h2-6H,15H2,1H3,(H,16,17,19). The Balaban J connectivity index is 2.36. The van der Waals surface area contributed by atoms with Crippen LogP contribution in [0.4, 0.5) is 17.1 Å². The monoisotopic (exact) mass is 306 g/mol. The average Bonchev–Trinajstić information content (AvgIpc) is 2.43. The minimum Gasteiger partial charge on any atom is -0.392 e. The van der Waals surface area contributed by atoms with Crippen molar-refractivity contribution in [1.82, 2.24) is 4.98 Å². The van der Waals surface area contributed by atoms with Crippen molar-refractivity contribution in [3.8, 4) is 0 Å². The Bertz CT molecular complexity index is 733. The first-order valence-electron chi connectivity index (χ1n) is 5.85. The van der Waals surface area contributed by atoms with Crippen molar-refractivity contribution in [3.05, 3.63) is 56.9 Å². The number of benzene rings is 1. The molecule has 0 spiro atoms. The van der Waals surface area contributed by atoms with Crippen molar-refractivity contribution in [2.24, 2.45) is 0 Å². The first-order valence-corrected chi connectivity index (χ1v) is 6.23. The van der Waals surface area contributed by atoms with Crippen LogP contribution in [0.1, 0.15) is 15.9 Å². The number of rotatable bonds is 3. The molecule has 1 aromatic heterocycles. The molecule has 108 valence electrons. The number of carbonyl (C=O) groups is 1. The molecule has 1 aromatic carbocycles. The van der Waals surface area contributed by atoms with Crippen LogP contribution in [0.15, 0.2) is 30.6 Å². The lowest BCUT2D eigenvalue weighted by Crippen LogP contribution is -2.13. The molecule has 21 heavy (non-hydrogen) atoms. The van der Waals surface area contributed by atoms with Crippen LogP contribution in [0.3, 0.4) is 0 Å². The molecule has 0 unspecified atom stereocenters. The number of pyridine rings is 1. The van der Waals surface area contributed by atoms with Gasteiger partial charge in [0.1, 0.15) is 5.69 Å². The van der Waals surface area contributed by atoms with Gasteiger partial charge in [-0.3, -0.25) is 19.9 Å². The number of amides is 1. The third kappa shape index (κ3) is 3.09. The highest BCUT2D eigenvalue weighted by Crippen LogP contribution is 2.31. The van der Waals surface area contributed by atoms with Gasteiger partial charge in [0.25, 0.3) is 11.6 Å². The van der Waals surface area contributed by atoms with E-state index in [1.165, 1.54) is 12.3 Å². The first kappa shape index (κ1) is 14.7. The van der Waals surface area contributed by atoms with E-state index in [1.807, 2.05) is 0 Å². The van der Waals surface area contributed by atoms with Gasteiger partial charge in [0.05, 0.1) is 9.95 Å². The van der Waals surface area contributed by atoms with E-state index < -0.39 is 16.5 Å². The van der Waals surface area contributed by atoms with Crippen LogP contribution in [-0.4, -0.2) is 15.8 Å². The molecule has 0 atom stereocenters. The van der Waals surface area contributed by atoms with E-state index in [2.05, 4.69) is 10.3 Å². The van der Waals surface area contributed by atoms with Crippen molar-refractivity contribution in [2.75, 3.05) is 11.1 Å². The average molecular weight is 307 g/mol.